The quantitative estimate of drug-likeness (QED) is 0.500. The first-order valence-electron chi connectivity index (χ1n) is 8.41. The Morgan fingerprint density at radius 3 is 2.62 bits per heavy atom. The van der Waals surface area contributed by atoms with Gasteiger partial charge in [0, 0.05) is 6.20 Å². The van der Waals surface area contributed by atoms with Crippen LogP contribution in [0, 0.1) is 12.7 Å². The van der Waals surface area contributed by atoms with Gasteiger partial charge in [-0.05, 0) is 54.5 Å². The molecule has 0 radical (unpaired) electrons. The molecule has 0 aliphatic heterocycles. The lowest BCUT2D eigenvalue weighted by Crippen LogP contribution is -2.20. The van der Waals surface area contributed by atoms with Gasteiger partial charge in [-0.3, -0.25) is 4.68 Å². The molecule has 0 amide bonds. The van der Waals surface area contributed by atoms with Crippen LogP contribution in [0.25, 0.3) is 0 Å². The van der Waals surface area contributed by atoms with Gasteiger partial charge in [0.1, 0.15) is 16.6 Å². The molecule has 0 saturated heterocycles. The Hall–Kier alpha value is -2.78. The highest BCUT2D eigenvalue weighted by Crippen LogP contribution is 2.28. The fourth-order valence-electron chi connectivity index (χ4n) is 2.53. The predicted octanol–water partition coefficient (Wildman–Crippen LogP) is 5.44. The summed E-state index contributed by atoms with van der Waals surface area (Å²) < 4.78 is 44.3. The van der Waals surface area contributed by atoms with Gasteiger partial charge in [-0.25, -0.2) is 4.39 Å². The third kappa shape index (κ3) is 5.85. The van der Waals surface area contributed by atoms with Gasteiger partial charge in [-0.2, -0.15) is 13.9 Å². The Bertz CT molecular complexity index is 1010. The van der Waals surface area contributed by atoms with Gasteiger partial charge in [0.05, 0.1) is 12.2 Å². The minimum Gasteiger partial charge on any atom is -0.433 e. The van der Waals surface area contributed by atoms with E-state index in [4.69, 9.17) is 23.8 Å². The number of alkyl halides is 2. The van der Waals surface area contributed by atoms with Crippen LogP contribution in [0.3, 0.4) is 0 Å². The number of hydrogen-bond acceptors (Lipinski definition) is 3. The summed E-state index contributed by atoms with van der Waals surface area (Å²) in [5.74, 6) is -0.0656. The van der Waals surface area contributed by atoms with Crippen molar-refractivity contribution in [2.24, 2.45) is 0 Å². The number of thiocarbonyl (C=S) groups is 1. The lowest BCUT2D eigenvalue weighted by atomic mass is 10.2. The molecule has 2 N–H and O–H groups in total. The Morgan fingerprint density at radius 1 is 1.21 bits per heavy atom. The van der Waals surface area contributed by atoms with Crippen molar-refractivity contribution in [3.63, 3.8) is 0 Å². The normalized spacial score (nSPS) is 10.8. The summed E-state index contributed by atoms with van der Waals surface area (Å²) in [6.45, 7) is -0.825. The molecule has 0 spiro atoms. The zero-order valence-corrected chi connectivity index (χ0v) is 16.7. The topological polar surface area (TPSA) is 51.1 Å². The van der Waals surface area contributed by atoms with E-state index in [-0.39, 0.29) is 28.2 Å². The number of benzene rings is 2. The third-order valence-corrected chi connectivity index (χ3v) is 4.29. The first kappa shape index (κ1) is 20.9. The predicted molar refractivity (Wildman–Crippen MR) is 110 cm³/mol. The van der Waals surface area contributed by atoms with E-state index in [9.17, 15) is 13.2 Å². The summed E-state index contributed by atoms with van der Waals surface area (Å²) in [7, 11) is 0. The molecular weight excluding hydrogens is 425 g/mol. The standard InChI is InChI=1S/C19H16ClF3N4OS/c1-11-2-7-15(16(8-11)28-18(22)23)24-19(29)25-17-14(20)10-27(26-17)9-12-3-5-13(21)6-4-12/h2-8,10,18H,9H2,1H3,(H2,24,25,26,29). The lowest BCUT2D eigenvalue weighted by molar-refractivity contribution is -0.0493. The average Bonchev–Trinajstić information content (AvgIpc) is 2.98. The van der Waals surface area contributed by atoms with Gasteiger partial charge in [-0.15, -0.1) is 0 Å². The number of hydrogen-bond donors (Lipinski definition) is 2. The van der Waals surface area contributed by atoms with Crippen molar-refractivity contribution < 1.29 is 17.9 Å². The molecule has 0 fully saturated rings. The Balaban J connectivity index is 1.68. The minimum absolute atomic E-state index is 0.0305. The number of nitrogens with zero attached hydrogens (tertiary/aromatic N) is 2. The van der Waals surface area contributed by atoms with E-state index < -0.39 is 6.61 Å². The summed E-state index contributed by atoms with van der Waals surface area (Å²) in [4.78, 5) is 0. The molecule has 3 aromatic rings. The first-order valence-corrected chi connectivity index (χ1v) is 9.19. The molecule has 0 aliphatic carbocycles. The van der Waals surface area contributed by atoms with Crippen LogP contribution < -0.4 is 15.4 Å². The molecular formula is C19H16ClF3N4OS. The second kappa shape index (κ2) is 9.15. The molecule has 10 heteroatoms. The smallest absolute Gasteiger partial charge is 0.387 e. The monoisotopic (exact) mass is 440 g/mol. The SMILES string of the molecule is Cc1ccc(NC(=S)Nc2nn(Cc3ccc(F)cc3)cc2Cl)c(OC(F)F)c1. The Kier molecular flexibility index (Phi) is 6.60. The van der Waals surface area contributed by atoms with Crippen LogP contribution in [-0.2, 0) is 6.54 Å². The minimum atomic E-state index is -2.96. The van der Waals surface area contributed by atoms with Crippen molar-refractivity contribution in [1.29, 1.82) is 0 Å². The summed E-state index contributed by atoms with van der Waals surface area (Å²) in [6.07, 6.45) is 1.59. The van der Waals surface area contributed by atoms with E-state index in [1.165, 1.54) is 18.2 Å². The second-order valence-corrected chi connectivity index (χ2v) is 6.92. The van der Waals surface area contributed by atoms with Crippen LogP contribution in [0.5, 0.6) is 5.75 Å². The number of rotatable bonds is 6. The lowest BCUT2D eigenvalue weighted by Gasteiger charge is -2.14. The Morgan fingerprint density at radius 2 is 1.93 bits per heavy atom. The van der Waals surface area contributed by atoms with Crippen LogP contribution in [0.15, 0.2) is 48.7 Å². The van der Waals surface area contributed by atoms with Crippen molar-refractivity contribution in [2.75, 3.05) is 10.6 Å². The fourth-order valence-corrected chi connectivity index (χ4v) is 2.93. The van der Waals surface area contributed by atoms with Crippen LogP contribution in [-0.4, -0.2) is 21.5 Å². The zero-order chi connectivity index (χ0) is 21.0. The molecule has 1 heterocycles. The van der Waals surface area contributed by atoms with E-state index in [2.05, 4.69) is 20.5 Å². The van der Waals surface area contributed by atoms with E-state index in [1.807, 2.05) is 0 Å². The van der Waals surface area contributed by atoms with Crippen molar-refractivity contribution in [3.05, 3.63) is 70.6 Å². The summed E-state index contributed by atoms with van der Waals surface area (Å²) in [5, 5.41) is 10.3. The molecule has 0 bridgehead atoms. The molecule has 0 unspecified atom stereocenters. The van der Waals surface area contributed by atoms with Crippen molar-refractivity contribution >= 4 is 40.4 Å². The maximum atomic E-state index is 13.0. The van der Waals surface area contributed by atoms with Gasteiger partial charge in [0.2, 0.25) is 0 Å². The Labute approximate surface area is 175 Å². The van der Waals surface area contributed by atoms with Crippen molar-refractivity contribution in [1.82, 2.24) is 9.78 Å². The van der Waals surface area contributed by atoms with Crippen LogP contribution in [0.1, 0.15) is 11.1 Å². The summed E-state index contributed by atoms with van der Waals surface area (Å²) in [5.41, 5.74) is 1.87. The van der Waals surface area contributed by atoms with E-state index in [0.717, 1.165) is 11.1 Å². The maximum Gasteiger partial charge on any atom is 0.387 e. The largest absolute Gasteiger partial charge is 0.433 e. The molecule has 0 atom stereocenters. The number of nitrogens with one attached hydrogen (secondary N) is 2. The average molecular weight is 441 g/mol. The highest BCUT2D eigenvalue weighted by molar-refractivity contribution is 7.80. The van der Waals surface area contributed by atoms with Gasteiger partial charge in [0.25, 0.3) is 0 Å². The summed E-state index contributed by atoms with van der Waals surface area (Å²) in [6, 6.07) is 10.8. The second-order valence-electron chi connectivity index (χ2n) is 6.11. The van der Waals surface area contributed by atoms with Gasteiger partial charge in [0.15, 0.2) is 10.9 Å². The number of anilines is 2. The molecule has 152 valence electrons. The highest BCUT2D eigenvalue weighted by Gasteiger charge is 2.13. The van der Waals surface area contributed by atoms with Crippen LogP contribution >= 0.6 is 23.8 Å². The van der Waals surface area contributed by atoms with Crippen LogP contribution in [0.2, 0.25) is 5.02 Å². The molecule has 29 heavy (non-hydrogen) atoms. The van der Waals surface area contributed by atoms with E-state index >= 15 is 0 Å². The molecule has 0 saturated carbocycles. The number of halogens is 4. The van der Waals surface area contributed by atoms with Crippen LogP contribution in [0.4, 0.5) is 24.7 Å². The number of aromatic nitrogens is 2. The molecule has 1 aromatic heterocycles. The maximum absolute atomic E-state index is 13.0. The van der Waals surface area contributed by atoms with Gasteiger partial charge in [-0.1, -0.05) is 29.8 Å². The van der Waals surface area contributed by atoms with E-state index in [0.29, 0.717) is 11.6 Å². The fraction of sp³-hybridized carbons (Fsp3) is 0.158. The molecule has 0 aliphatic rings. The van der Waals surface area contributed by atoms with Crippen molar-refractivity contribution in [2.45, 2.75) is 20.1 Å². The highest BCUT2D eigenvalue weighted by atomic mass is 35.5. The van der Waals surface area contributed by atoms with Gasteiger partial charge < -0.3 is 15.4 Å². The zero-order valence-electron chi connectivity index (χ0n) is 15.1. The van der Waals surface area contributed by atoms with Gasteiger partial charge >= 0.3 is 6.61 Å². The van der Waals surface area contributed by atoms with Crippen molar-refractivity contribution in [3.8, 4) is 5.75 Å². The number of aryl methyl sites for hydroxylation is 1. The third-order valence-electron chi connectivity index (χ3n) is 3.81. The molecule has 2 aromatic carbocycles. The summed E-state index contributed by atoms with van der Waals surface area (Å²) >= 11 is 11.4. The first-order chi connectivity index (χ1) is 13.8. The molecule has 3 rings (SSSR count). The number of ether oxygens (including phenoxy) is 1. The van der Waals surface area contributed by atoms with E-state index in [1.54, 1.807) is 42.1 Å². The molecule has 5 nitrogen and oxygen atoms in total.